The SMILES string of the molecule is O=C(Cc1c(Cl)cccc1Cl)NCc1ccc2c(c1)OCCO2. The fraction of sp³-hybridized carbons (Fsp3) is 0.235. The van der Waals surface area contributed by atoms with Crippen LogP contribution in [-0.4, -0.2) is 19.1 Å². The van der Waals surface area contributed by atoms with Gasteiger partial charge < -0.3 is 14.8 Å². The summed E-state index contributed by atoms with van der Waals surface area (Å²) in [6.45, 7) is 1.49. The van der Waals surface area contributed by atoms with Gasteiger partial charge in [-0.05, 0) is 35.4 Å². The van der Waals surface area contributed by atoms with Gasteiger partial charge in [0.25, 0.3) is 0 Å². The van der Waals surface area contributed by atoms with E-state index < -0.39 is 0 Å². The summed E-state index contributed by atoms with van der Waals surface area (Å²) in [6, 6.07) is 10.8. The van der Waals surface area contributed by atoms with Gasteiger partial charge in [0.05, 0.1) is 6.42 Å². The van der Waals surface area contributed by atoms with Crippen LogP contribution in [-0.2, 0) is 17.8 Å². The lowest BCUT2D eigenvalue weighted by atomic mass is 10.1. The average Bonchev–Trinajstić information content (AvgIpc) is 2.56. The summed E-state index contributed by atoms with van der Waals surface area (Å²) in [6.07, 6.45) is 0.142. The van der Waals surface area contributed by atoms with Crippen molar-refractivity contribution < 1.29 is 14.3 Å². The molecular formula is C17H15Cl2NO3. The molecule has 0 atom stereocenters. The Bertz CT molecular complexity index is 714. The number of nitrogens with one attached hydrogen (secondary N) is 1. The van der Waals surface area contributed by atoms with E-state index >= 15 is 0 Å². The number of rotatable bonds is 4. The molecule has 2 aromatic carbocycles. The Morgan fingerprint density at radius 3 is 2.48 bits per heavy atom. The first-order valence-corrected chi connectivity index (χ1v) is 7.97. The van der Waals surface area contributed by atoms with Gasteiger partial charge in [-0.1, -0.05) is 35.3 Å². The molecule has 0 saturated heterocycles. The lowest BCUT2D eigenvalue weighted by Crippen LogP contribution is -2.25. The highest BCUT2D eigenvalue weighted by atomic mass is 35.5. The highest BCUT2D eigenvalue weighted by Crippen LogP contribution is 2.30. The van der Waals surface area contributed by atoms with Gasteiger partial charge in [0.15, 0.2) is 11.5 Å². The standard InChI is InChI=1S/C17H15Cl2NO3/c18-13-2-1-3-14(19)12(13)9-17(21)20-10-11-4-5-15-16(8-11)23-7-6-22-15/h1-5,8H,6-7,9-10H2,(H,20,21). The monoisotopic (exact) mass is 351 g/mol. The van der Waals surface area contributed by atoms with E-state index in [-0.39, 0.29) is 12.3 Å². The van der Waals surface area contributed by atoms with Crippen molar-refractivity contribution in [2.24, 2.45) is 0 Å². The molecule has 4 nitrogen and oxygen atoms in total. The van der Waals surface area contributed by atoms with Gasteiger partial charge in [-0.25, -0.2) is 0 Å². The van der Waals surface area contributed by atoms with Crippen LogP contribution in [0.15, 0.2) is 36.4 Å². The third-order valence-corrected chi connectivity index (χ3v) is 4.20. The summed E-state index contributed by atoms with van der Waals surface area (Å²) in [7, 11) is 0. The first-order valence-electron chi connectivity index (χ1n) is 7.21. The molecule has 0 bridgehead atoms. The van der Waals surface area contributed by atoms with E-state index in [9.17, 15) is 4.79 Å². The van der Waals surface area contributed by atoms with Crippen molar-refractivity contribution >= 4 is 29.1 Å². The van der Waals surface area contributed by atoms with E-state index in [0.29, 0.717) is 41.1 Å². The quantitative estimate of drug-likeness (QED) is 0.914. The van der Waals surface area contributed by atoms with Gasteiger partial charge in [-0.2, -0.15) is 0 Å². The first kappa shape index (κ1) is 16.0. The maximum absolute atomic E-state index is 12.1. The maximum Gasteiger partial charge on any atom is 0.224 e. The number of halogens is 2. The zero-order valence-corrected chi connectivity index (χ0v) is 13.8. The number of fused-ring (bicyclic) bond motifs is 1. The molecule has 1 heterocycles. The van der Waals surface area contributed by atoms with Crippen LogP contribution < -0.4 is 14.8 Å². The summed E-state index contributed by atoms with van der Waals surface area (Å²) in [4.78, 5) is 12.1. The Balaban J connectivity index is 1.61. The van der Waals surface area contributed by atoms with Crippen molar-refractivity contribution in [3.63, 3.8) is 0 Å². The van der Waals surface area contributed by atoms with Crippen molar-refractivity contribution in [1.82, 2.24) is 5.32 Å². The first-order chi connectivity index (χ1) is 11.1. The Morgan fingerprint density at radius 1 is 1.04 bits per heavy atom. The van der Waals surface area contributed by atoms with Crippen molar-refractivity contribution in [3.05, 3.63) is 57.6 Å². The highest BCUT2D eigenvalue weighted by Gasteiger charge is 2.13. The number of carbonyl (C=O) groups excluding carboxylic acids is 1. The van der Waals surface area contributed by atoms with Gasteiger partial charge in [-0.15, -0.1) is 0 Å². The molecule has 1 aliphatic heterocycles. The summed E-state index contributed by atoms with van der Waals surface area (Å²) < 4.78 is 11.0. The van der Waals surface area contributed by atoms with E-state index in [1.54, 1.807) is 18.2 Å². The zero-order valence-electron chi connectivity index (χ0n) is 12.3. The van der Waals surface area contributed by atoms with Crippen molar-refractivity contribution in [3.8, 4) is 11.5 Å². The lowest BCUT2D eigenvalue weighted by molar-refractivity contribution is -0.120. The molecule has 1 amide bonds. The highest BCUT2D eigenvalue weighted by molar-refractivity contribution is 6.36. The predicted molar refractivity (Wildman–Crippen MR) is 89.4 cm³/mol. The third kappa shape index (κ3) is 3.89. The minimum atomic E-state index is -0.144. The summed E-state index contributed by atoms with van der Waals surface area (Å²) in [5.74, 6) is 1.29. The van der Waals surface area contributed by atoms with Crippen LogP contribution in [0.1, 0.15) is 11.1 Å². The molecule has 2 aromatic rings. The second-order valence-electron chi connectivity index (χ2n) is 5.13. The van der Waals surface area contributed by atoms with Gasteiger partial charge in [0.1, 0.15) is 13.2 Å². The largest absolute Gasteiger partial charge is 0.486 e. The van der Waals surface area contributed by atoms with Crippen LogP contribution in [0.25, 0.3) is 0 Å². The summed E-state index contributed by atoms with van der Waals surface area (Å²) in [5, 5.41) is 3.84. The molecule has 0 saturated carbocycles. The smallest absolute Gasteiger partial charge is 0.224 e. The van der Waals surface area contributed by atoms with Gasteiger partial charge in [0, 0.05) is 16.6 Å². The minimum Gasteiger partial charge on any atom is -0.486 e. The number of ether oxygens (including phenoxy) is 2. The van der Waals surface area contributed by atoms with Gasteiger partial charge >= 0.3 is 0 Å². The van der Waals surface area contributed by atoms with Crippen LogP contribution in [0.4, 0.5) is 0 Å². The third-order valence-electron chi connectivity index (χ3n) is 3.50. The van der Waals surface area contributed by atoms with E-state index in [4.69, 9.17) is 32.7 Å². The van der Waals surface area contributed by atoms with Crippen molar-refractivity contribution in [1.29, 1.82) is 0 Å². The molecule has 0 fully saturated rings. The van der Waals surface area contributed by atoms with Crippen LogP contribution in [0.3, 0.4) is 0 Å². The predicted octanol–water partition coefficient (Wildman–Crippen LogP) is 3.62. The zero-order chi connectivity index (χ0) is 16.2. The fourth-order valence-electron chi connectivity index (χ4n) is 2.32. The molecule has 120 valence electrons. The van der Waals surface area contributed by atoms with E-state index in [1.165, 1.54) is 0 Å². The second-order valence-corrected chi connectivity index (χ2v) is 5.95. The van der Waals surface area contributed by atoms with Crippen LogP contribution in [0.2, 0.25) is 10.0 Å². The van der Waals surface area contributed by atoms with Gasteiger partial charge in [0.2, 0.25) is 5.91 Å². The lowest BCUT2D eigenvalue weighted by Gasteiger charge is -2.19. The number of amides is 1. The molecule has 6 heteroatoms. The molecule has 0 radical (unpaired) electrons. The molecule has 0 spiro atoms. The molecule has 3 rings (SSSR count). The van der Waals surface area contributed by atoms with E-state index in [0.717, 1.165) is 11.3 Å². The fourth-order valence-corrected chi connectivity index (χ4v) is 2.85. The van der Waals surface area contributed by atoms with Crippen molar-refractivity contribution in [2.75, 3.05) is 13.2 Å². The van der Waals surface area contributed by atoms with Crippen LogP contribution in [0.5, 0.6) is 11.5 Å². The minimum absolute atomic E-state index is 0.142. The summed E-state index contributed by atoms with van der Waals surface area (Å²) >= 11 is 12.2. The molecular weight excluding hydrogens is 337 g/mol. The molecule has 0 aromatic heterocycles. The van der Waals surface area contributed by atoms with E-state index in [1.807, 2.05) is 18.2 Å². The number of carbonyl (C=O) groups is 1. The maximum atomic E-state index is 12.1. The number of hydrogen-bond acceptors (Lipinski definition) is 3. The van der Waals surface area contributed by atoms with Crippen LogP contribution >= 0.6 is 23.2 Å². The van der Waals surface area contributed by atoms with Gasteiger partial charge in [-0.3, -0.25) is 4.79 Å². The molecule has 0 aliphatic carbocycles. The average molecular weight is 352 g/mol. The van der Waals surface area contributed by atoms with Crippen LogP contribution in [0, 0.1) is 0 Å². The topological polar surface area (TPSA) is 47.6 Å². The van der Waals surface area contributed by atoms with E-state index in [2.05, 4.69) is 5.32 Å². The molecule has 0 unspecified atom stereocenters. The summed E-state index contributed by atoms with van der Waals surface area (Å²) in [5.41, 5.74) is 1.57. The Hall–Kier alpha value is -1.91. The molecule has 1 N–H and O–H groups in total. The normalized spacial score (nSPS) is 12.8. The Morgan fingerprint density at radius 2 is 1.74 bits per heavy atom. The number of benzene rings is 2. The Kier molecular flexibility index (Phi) is 4.94. The second kappa shape index (κ2) is 7.11. The Labute approximate surface area is 144 Å². The number of hydrogen-bond donors (Lipinski definition) is 1. The molecule has 1 aliphatic rings. The molecule has 23 heavy (non-hydrogen) atoms. The van der Waals surface area contributed by atoms with Crippen molar-refractivity contribution in [2.45, 2.75) is 13.0 Å².